The largest absolute Gasteiger partial charge is 0.508 e. The average Bonchev–Trinajstić information content (AvgIpc) is 2.92. The molecule has 1 aromatic heterocycles. The number of benzene rings is 2. The molecule has 3 aromatic rings. The standard InChI is InChI=1S/C20H18ClN3O2/c1-12-19-17(14-4-8-16(25)9-5-14)10-18(26)22-20(19)24(23-12)11-13-2-6-15(21)7-3-13/h2-9,17,25H,10-11H2,1H3,(H,22,26). The van der Waals surface area contributed by atoms with Crippen molar-refractivity contribution in [3.63, 3.8) is 0 Å². The van der Waals surface area contributed by atoms with Crippen molar-refractivity contribution in [2.45, 2.75) is 25.8 Å². The molecule has 1 atom stereocenters. The molecular formula is C20H18ClN3O2. The quantitative estimate of drug-likeness (QED) is 0.733. The molecule has 2 N–H and O–H groups in total. The molecule has 0 saturated carbocycles. The third-order valence-electron chi connectivity index (χ3n) is 4.71. The van der Waals surface area contributed by atoms with Gasteiger partial charge in [0.2, 0.25) is 5.91 Å². The number of aryl methyl sites for hydroxylation is 1. The van der Waals surface area contributed by atoms with Gasteiger partial charge in [-0.3, -0.25) is 4.79 Å². The summed E-state index contributed by atoms with van der Waals surface area (Å²) in [5.41, 5.74) is 3.98. The Morgan fingerprint density at radius 3 is 2.58 bits per heavy atom. The minimum Gasteiger partial charge on any atom is -0.508 e. The minimum atomic E-state index is -0.0710. The van der Waals surface area contributed by atoms with Crippen LogP contribution in [0.3, 0.4) is 0 Å². The number of halogens is 1. The van der Waals surface area contributed by atoms with Gasteiger partial charge in [0, 0.05) is 22.9 Å². The van der Waals surface area contributed by atoms with Gasteiger partial charge in [-0.2, -0.15) is 5.10 Å². The summed E-state index contributed by atoms with van der Waals surface area (Å²) in [6, 6.07) is 14.6. The molecule has 26 heavy (non-hydrogen) atoms. The van der Waals surface area contributed by atoms with Crippen LogP contribution in [-0.4, -0.2) is 20.8 Å². The van der Waals surface area contributed by atoms with E-state index in [1.807, 2.05) is 48.0 Å². The fourth-order valence-corrected chi connectivity index (χ4v) is 3.61. The van der Waals surface area contributed by atoms with Crippen LogP contribution in [0.2, 0.25) is 5.02 Å². The lowest BCUT2D eigenvalue weighted by Gasteiger charge is -2.24. The zero-order chi connectivity index (χ0) is 18.3. The van der Waals surface area contributed by atoms with Gasteiger partial charge >= 0.3 is 0 Å². The number of nitrogens with one attached hydrogen (secondary N) is 1. The third-order valence-corrected chi connectivity index (χ3v) is 4.96. The second-order valence-corrected chi connectivity index (χ2v) is 6.96. The Labute approximate surface area is 156 Å². The Morgan fingerprint density at radius 1 is 1.19 bits per heavy atom. The number of aromatic hydroxyl groups is 1. The van der Waals surface area contributed by atoms with Crippen LogP contribution < -0.4 is 5.32 Å². The van der Waals surface area contributed by atoms with Crippen molar-refractivity contribution in [3.05, 3.63) is 75.9 Å². The Kier molecular flexibility index (Phi) is 4.17. The summed E-state index contributed by atoms with van der Waals surface area (Å²) in [7, 11) is 0. The summed E-state index contributed by atoms with van der Waals surface area (Å²) in [6.45, 7) is 2.51. The van der Waals surface area contributed by atoms with Crippen LogP contribution in [0.4, 0.5) is 5.82 Å². The number of rotatable bonds is 3. The Bertz CT molecular complexity index is 962. The van der Waals surface area contributed by atoms with E-state index in [0.717, 1.165) is 28.2 Å². The van der Waals surface area contributed by atoms with Gasteiger partial charge in [0.25, 0.3) is 0 Å². The number of hydrogen-bond acceptors (Lipinski definition) is 3. The summed E-state index contributed by atoms with van der Waals surface area (Å²) in [5.74, 6) is 0.849. The molecule has 6 heteroatoms. The molecule has 1 aliphatic heterocycles. The molecule has 0 spiro atoms. The molecule has 1 unspecified atom stereocenters. The van der Waals surface area contributed by atoms with Gasteiger partial charge in [-0.15, -0.1) is 0 Å². The highest BCUT2D eigenvalue weighted by atomic mass is 35.5. The number of phenols is 1. The van der Waals surface area contributed by atoms with E-state index >= 15 is 0 Å². The molecule has 0 aliphatic carbocycles. The number of carbonyl (C=O) groups excluding carboxylic acids is 1. The fourth-order valence-electron chi connectivity index (χ4n) is 3.48. The zero-order valence-electron chi connectivity index (χ0n) is 14.2. The summed E-state index contributed by atoms with van der Waals surface area (Å²) >= 11 is 5.95. The van der Waals surface area contributed by atoms with Crippen molar-refractivity contribution in [2.75, 3.05) is 5.32 Å². The van der Waals surface area contributed by atoms with Crippen molar-refractivity contribution < 1.29 is 9.90 Å². The Balaban J connectivity index is 1.74. The van der Waals surface area contributed by atoms with Crippen molar-refractivity contribution in [2.24, 2.45) is 0 Å². The molecular weight excluding hydrogens is 350 g/mol. The van der Waals surface area contributed by atoms with Crippen molar-refractivity contribution >= 4 is 23.3 Å². The third kappa shape index (κ3) is 3.06. The highest BCUT2D eigenvalue weighted by Gasteiger charge is 2.32. The maximum atomic E-state index is 12.3. The first-order valence-electron chi connectivity index (χ1n) is 8.42. The van der Waals surface area contributed by atoms with Gasteiger partial charge in [-0.25, -0.2) is 4.68 Å². The number of nitrogens with zero attached hydrogens (tertiary/aromatic N) is 2. The molecule has 0 saturated heterocycles. The molecule has 2 heterocycles. The molecule has 1 amide bonds. The molecule has 0 radical (unpaired) electrons. The molecule has 0 fully saturated rings. The summed E-state index contributed by atoms with van der Waals surface area (Å²) in [6.07, 6.45) is 0.366. The highest BCUT2D eigenvalue weighted by molar-refractivity contribution is 6.30. The van der Waals surface area contributed by atoms with Gasteiger partial charge < -0.3 is 10.4 Å². The molecule has 4 rings (SSSR count). The SMILES string of the molecule is Cc1nn(Cc2ccc(Cl)cc2)c2c1C(c1ccc(O)cc1)CC(=O)N2. The van der Waals surface area contributed by atoms with Crippen molar-refractivity contribution in [3.8, 4) is 5.75 Å². The summed E-state index contributed by atoms with van der Waals surface area (Å²) in [5, 5.41) is 17.9. The minimum absolute atomic E-state index is 0.0344. The van der Waals surface area contributed by atoms with Crippen molar-refractivity contribution in [1.29, 1.82) is 0 Å². The molecule has 1 aliphatic rings. The van der Waals surface area contributed by atoms with E-state index in [9.17, 15) is 9.90 Å². The number of aromatic nitrogens is 2. The van der Waals surface area contributed by atoms with Gasteiger partial charge in [0.05, 0.1) is 12.2 Å². The second kappa shape index (κ2) is 6.50. The number of anilines is 1. The van der Waals surface area contributed by atoms with E-state index < -0.39 is 0 Å². The van der Waals surface area contributed by atoms with E-state index in [-0.39, 0.29) is 17.6 Å². The van der Waals surface area contributed by atoms with Gasteiger partial charge in [0.1, 0.15) is 11.6 Å². The second-order valence-electron chi connectivity index (χ2n) is 6.53. The normalized spacial score (nSPS) is 16.2. The van der Waals surface area contributed by atoms with E-state index in [1.54, 1.807) is 12.1 Å². The number of amides is 1. The van der Waals surface area contributed by atoms with Gasteiger partial charge in [-0.1, -0.05) is 35.9 Å². The van der Waals surface area contributed by atoms with E-state index in [0.29, 0.717) is 18.0 Å². The summed E-state index contributed by atoms with van der Waals surface area (Å²) < 4.78 is 1.83. The van der Waals surface area contributed by atoms with E-state index in [2.05, 4.69) is 10.4 Å². The smallest absolute Gasteiger partial charge is 0.226 e. The number of carbonyl (C=O) groups is 1. The Morgan fingerprint density at radius 2 is 1.88 bits per heavy atom. The highest BCUT2D eigenvalue weighted by Crippen LogP contribution is 2.39. The predicted molar refractivity (Wildman–Crippen MR) is 101 cm³/mol. The zero-order valence-corrected chi connectivity index (χ0v) is 15.0. The van der Waals surface area contributed by atoms with E-state index in [1.165, 1.54) is 0 Å². The number of hydrogen-bond donors (Lipinski definition) is 2. The average molecular weight is 368 g/mol. The topological polar surface area (TPSA) is 67.1 Å². The molecule has 0 bridgehead atoms. The van der Waals surface area contributed by atoms with Gasteiger partial charge in [-0.05, 0) is 42.3 Å². The summed E-state index contributed by atoms with van der Waals surface area (Å²) in [4.78, 5) is 12.3. The molecule has 5 nitrogen and oxygen atoms in total. The van der Waals surface area contributed by atoms with Crippen LogP contribution in [0, 0.1) is 6.92 Å². The monoisotopic (exact) mass is 367 g/mol. The fraction of sp³-hybridized carbons (Fsp3) is 0.200. The maximum Gasteiger partial charge on any atom is 0.226 e. The van der Waals surface area contributed by atoms with Crippen LogP contribution in [-0.2, 0) is 11.3 Å². The number of fused-ring (bicyclic) bond motifs is 1. The van der Waals surface area contributed by atoms with Crippen LogP contribution in [0.15, 0.2) is 48.5 Å². The lowest BCUT2D eigenvalue weighted by Crippen LogP contribution is -2.25. The lowest BCUT2D eigenvalue weighted by atomic mass is 9.86. The first-order valence-corrected chi connectivity index (χ1v) is 8.79. The Hall–Kier alpha value is -2.79. The maximum absolute atomic E-state index is 12.3. The van der Waals surface area contributed by atoms with Crippen LogP contribution in [0.1, 0.15) is 34.7 Å². The predicted octanol–water partition coefficient (Wildman–Crippen LogP) is 4.07. The molecule has 132 valence electrons. The first-order chi connectivity index (χ1) is 12.5. The number of phenolic OH excluding ortho intramolecular Hbond substituents is 1. The van der Waals surface area contributed by atoms with Crippen LogP contribution >= 0.6 is 11.6 Å². The molecule has 2 aromatic carbocycles. The van der Waals surface area contributed by atoms with Crippen molar-refractivity contribution in [1.82, 2.24) is 9.78 Å². The lowest BCUT2D eigenvalue weighted by molar-refractivity contribution is -0.116. The first kappa shape index (κ1) is 16.7. The van der Waals surface area contributed by atoms with Crippen LogP contribution in [0.25, 0.3) is 0 Å². The van der Waals surface area contributed by atoms with Gasteiger partial charge in [0.15, 0.2) is 0 Å². The van der Waals surface area contributed by atoms with Crippen LogP contribution in [0.5, 0.6) is 5.75 Å². The van der Waals surface area contributed by atoms with E-state index in [4.69, 9.17) is 11.6 Å².